The summed E-state index contributed by atoms with van der Waals surface area (Å²) in [6.45, 7) is 4.17. The molecule has 4 N–H and O–H groups in total. The first kappa shape index (κ1) is 31.4. The van der Waals surface area contributed by atoms with Crippen LogP contribution >= 0.6 is 23.1 Å². The van der Waals surface area contributed by atoms with Crippen molar-refractivity contribution in [3.63, 3.8) is 0 Å². The number of alkyl carbamates (subject to hydrolysis) is 1. The highest BCUT2D eigenvalue weighted by atomic mass is 32.2. The van der Waals surface area contributed by atoms with Crippen LogP contribution in [0.3, 0.4) is 0 Å². The summed E-state index contributed by atoms with van der Waals surface area (Å²) in [5.74, 6) is -2.57. The van der Waals surface area contributed by atoms with Crippen molar-refractivity contribution in [3.8, 4) is 0 Å². The maximum Gasteiger partial charge on any atom is 0.407 e. The van der Waals surface area contributed by atoms with Crippen LogP contribution in [-0.2, 0) is 38.2 Å². The Kier molecular flexibility index (Phi) is 10.3. The van der Waals surface area contributed by atoms with Crippen LogP contribution in [0.5, 0.6) is 0 Å². The first-order chi connectivity index (χ1) is 19.4. The first-order valence-electron chi connectivity index (χ1n) is 12.1. The summed E-state index contributed by atoms with van der Waals surface area (Å²) in [7, 11) is 2.67. The molecular weight excluding hydrogens is 580 g/mol. The second kappa shape index (κ2) is 13.5. The van der Waals surface area contributed by atoms with Gasteiger partial charge in [-0.2, -0.15) is 0 Å². The van der Waals surface area contributed by atoms with Crippen LogP contribution in [0.25, 0.3) is 0 Å². The van der Waals surface area contributed by atoms with E-state index in [0.717, 1.165) is 11.3 Å². The molecule has 222 valence electrons. The van der Waals surface area contributed by atoms with Crippen molar-refractivity contribution >= 4 is 63.8 Å². The molecule has 0 saturated carbocycles. The van der Waals surface area contributed by atoms with Gasteiger partial charge in [0.1, 0.15) is 36.5 Å². The van der Waals surface area contributed by atoms with Crippen molar-refractivity contribution in [3.05, 3.63) is 34.5 Å². The molecule has 2 atom stereocenters. The highest BCUT2D eigenvalue weighted by Gasteiger charge is 2.54. The number of oxime groups is 1. The van der Waals surface area contributed by atoms with Crippen LogP contribution < -0.4 is 16.4 Å². The monoisotopic (exact) mass is 610 g/mol. The number of nitrogen functional groups attached to an aromatic ring is 1. The molecule has 2 aliphatic heterocycles. The maximum absolute atomic E-state index is 13.2. The second-order valence-electron chi connectivity index (χ2n) is 9.41. The van der Waals surface area contributed by atoms with E-state index in [4.69, 9.17) is 24.8 Å². The molecule has 41 heavy (non-hydrogen) atoms. The number of thiazole rings is 1. The van der Waals surface area contributed by atoms with Gasteiger partial charge in [0.15, 0.2) is 10.8 Å². The van der Waals surface area contributed by atoms with Crippen LogP contribution in [0.2, 0.25) is 0 Å². The molecule has 3 amide bonds. The van der Waals surface area contributed by atoms with Crippen molar-refractivity contribution in [1.29, 1.82) is 0 Å². The summed E-state index contributed by atoms with van der Waals surface area (Å²) in [4.78, 5) is 72.7. The molecular formula is C24H30N6O9S2. The third-order valence-corrected chi connectivity index (χ3v) is 7.44. The Morgan fingerprint density at radius 2 is 1.98 bits per heavy atom. The summed E-state index contributed by atoms with van der Waals surface area (Å²) in [5.41, 5.74) is 5.15. The molecule has 15 nitrogen and oxygen atoms in total. The van der Waals surface area contributed by atoms with E-state index in [1.54, 1.807) is 20.8 Å². The molecule has 0 aromatic carbocycles. The number of carbonyl (C=O) groups excluding carboxylic acids is 5. The van der Waals surface area contributed by atoms with Crippen LogP contribution in [0, 0.1) is 5.41 Å². The van der Waals surface area contributed by atoms with Crippen LogP contribution in [0.1, 0.15) is 26.5 Å². The van der Waals surface area contributed by atoms with Crippen LogP contribution in [0.4, 0.5) is 9.93 Å². The average molecular weight is 611 g/mol. The third-order valence-electron chi connectivity index (χ3n) is 5.47. The number of ether oxygens (including phenoxy) is 3. The Morgan fingerprint density at radius 1 is 1.24 bits per heavy atom. The number of thioether (sulfide) groups is 1. The van der Waals surface area contributed by atoms with Gasteiger partial charge in [0, 0.05) is 18.2 Å². The Balaban J connectivity index is 1.79. The normalized spacial score (nSPS) is 18.8. The van der Waals surface area contributed by atoms with E-state index < -0.39 is 53.5 Å². The number of rotatable bonds is 10. The van der Waals surface area contributed by atoms with Gasteiger partial charge in [0.05, 0.1) is 5.41 Å². The molecule has 3 heterocycles. The summed E-state index contributed by atoms with van der Waals surface area (Å²) in [6, 6.07) is -1.01. The Hall–Kier alpha value is -4.12. The number of nitrogens with one attached hydrogen (secondary N) is 2. The number of fused-ring (bicyclic) bond motifs is 1. The standard InChI is InChI=1S/C24H30N6O9S2/c1-24(2,3)21(34)39-11-38-20(33)16-12(7-6-8-37-23(35)26-4)9-40-19-15(18(32)30(16)19)28-17(31)14(29-36-5)13-10-41-22(25)27-13/h6-7,10,15,19H,8-9,11H2,1-5H3,(H2,25,27)(H,26,35)(H,28,31)/b7-6-,29-14-/t15?,19-/m0/s1. The van der Waals surface area contributed by atoms with Gasteiger partial charge in [-0.15, -0.1) is 23.1 Å². The Bertz CT molecular complexity index is 1300. The van der Waals surface area contributed by atoms with E-state index >= 15 is 0 Å². The fourth-order valence-electron chi connectivity index (χ4n) is 3.47. The van der Waals surface area contributed by atoms with Crippen LogP contribution in [-0.4, -0.2) is 90.2 Å². The predicted octanol–water partition coefficient (Wildman–Crippen LogP) is 0.732. The number of aromatic nitrogens is 1. The fraction of sp³-hybridized carbons (Fsp3) is 0.458. The van der Waals surface area contributed by atoms with Crippen molar-refractivity contribution in [2.24, 2.45) is 10.6 Å². The Morgan fingerprint density at radius 3 is 2.59 bits per heavy atom. The minimum atomic E-state index is -1.01. The summed E-state index contributed by atoms with van der Waals surface area (Å²) in [6.07, 6.45) is 2.38. The molecule has 3 rings (SSSR count). The lowest BCUT2D eigenvalue weighted by Gasteiger charge is -2.49. The smallest absolute Gasteiger partial charge is 0.407 e. The summed E-state index contributed by atoms with van der Waals surface area (Å²) >= 11 is 2.39. The predicted molar refractivity (Wildman–Crippen MR) is 148 cm³/mol. The third kappa shape index (κ3) is 7.55. The number of hydrogen-bond donors (Lipinski definition) is 3. The van der Waals surface area contributed by atoms with Gasteiger partial charge < -0.3 is 35.4 Å². The van der Waals surface area contributed by atoms with Gasteiger partial charge in [0.25, 0.3) is 11.8 Å². The molecule has 2 aliphatic rings. The van der Waals surface area contributed by atoms with E-state index in [1.807, 2.05) is 0 Å². The highest BCUT2D eigenvalue weighted by Crippen LogP contribution is 2.41. The molecule has 1 aromatic rings. The number of nitrogens with zero attached hydrogens (tertiary/aromatic N) is 3. The number of carbonyl (C=O) groups is 5. The summed E-state index contributed by atoms with van der Waals surface area (Å²) in [5, 5.41) is 9.72. The first-order valence-corrected chi connectivity index (χ1v) is 14.0. The Labute approximate surface area is 243 Å². The van der Waals surface area contributed by atoms with E-state index in [9.17, 15) is 24.0 Å². The van der Waals surface area contributed by atoms with Gasteiger partial charge in [-0.3, -0.25) is 19.3 Å². The number of β-lactam (4-membered cyclic amide) rings is 1. The zero-order valence-corrected chi connectivity index (χ0v) is 24.6. The lowest BCUT2D eigenvalue weighted by atomic mass is 9.98. The zero-order valence-electron chi connectivity index (χ0n) is 22.9. The van der Waals surface area contributed by atoms with Crippen LogP contribution in [0.15, 0.2) is 34.0 Å². The van der Waals surface area contributed by atoms with E-state index in [-0.39, 0.29) is 34.6 Å². The average Bonchev–Trinajstić information content (AvgIpc) is 3.36. The van der Waals surface area contributed by atoms with Gasteiger partial charge in [-0.25, -0.2) is 14.6 Å². The zero-order chi connectivity index (χ0) is 30.3. The number of anilines is 1. The molecule has 1 aromatic heterocycles. The van der Waals surface area contributed by atoms with E-state index in [2.05, 4.69) is 20.8 Å². The molecule has 0 spiro atoms. The minimum absolute atomic E-state index is 0.0923. The SMILES string of the molecule is CNC(=O)OC/C=C\C1=C(C(=O)OCOC(=O)C(C)(C)C)N2C(=O)C(NC(=O)/C(=N\OC)c3csc(N)n3)[C@@H]2SC1. The minimum Gasteiger partial charge on any atom is -0.445 e. The highest BCUT2D eigenvalue weighted by molar-refractivity contribution is 8.00. The molecule has 1 saturated heterocycles. The van der Waals surface area contributed by atoms with Crippen molar-refractivity contribution in [2.45, 2.75) is 32.2 Å². The number of allylic oxidation sites excluding steroid dienone is 1. The van der Waals surface area contributed by atoms with Gasteiger partial charge in [0.2, 0.25) is 6.79 Å². The lowest BCUT2D eigenvalue weighted by molar-refractivity contribution is -0.173. The second-order valence-corrected chi connectivity index (χ2v) is 11.4. The largest absolute Gasteiger partial charge is 0.445 e. The molecule has 0 radical (unpaired) electrons. The van der Waals surface area contributed by atoms with Gasteiger partial charge in [-0.05, 0) is 32.4 Å². The molecule has 0 aliphatic carbocycles. The lowest BCUT2D eigenvalue weighted by Crippen LogP contribution is -2.71. The number of esters is 2. The molecule has 1 unspecified atom stereocenters. The maximum atomic E-state index is 13.2. The van der Waals surface area contributed by atoms with Gasteiger partial charge in [-0.1, -0.05) is 11.2 Å². The molecule has 1 fully saturated rings. The topological polar surface area (TPSA) is 201 Å². The number of nitrogens with two attached hydrogens (primary N) is 1. The fourth-order valence-corrected chi connectivity index (χ4v) is 5.34. The number of hydrogen-bond acceptors (Lipinski definition) is 14. The summed E-state index contributed by atoms with van der Waals surface area (Å²) < 4.78 is 15.1. The quantitative estimate of drug-likeness (QED) is 0.110. The van der Waals surface area contributed by atoms with E-state index in [1.165, 1.54) is 48.4 Å². The van der Waals surface area contributed by atoms with E-state index in [0.29, 0.717) is 5.57 Å². The van der Waals surface area contributed by atoms with Gasteiger partial charge >= 0.3 is 18.0 Å². The van der Waals surface area contributed by atoms with Crippen molar-refractivity contribution in [2.75, 3.05) is 39.0 Å². The molecule has 17 heteroatoms. The van der Waals surface area contributed by atoms with Crippen molar-refractivity contribution in [1.82, 2.24) is 20.5 Å². The van der Waals surface area contributed by atoms with Crippen molar-refractivity contribution < 1.29 is 43.0 Å². The molecule has 0 bridgehead atoms. The number of amides is 3.